The number of nitrogens with one attached hydrogen (secondary N) is 1. The van der Waals surface area contributed by atoms with E-state index in [1.807, 2.05) is 32.3 Å². The Hall–Kier alpha value is -3.07. The van der Waals surface area contributed by atoms with Gasteiger partial charge in [0, 0.05) is 19.4 Å². The summed E-state index contributed by atoms with van der Waals surface area (Å²) in [7, 11) is 0. The normalized spacial score (nSPS) is 18.9. The van der Waals surface area contributed by atoms with E-state index in [1.165, 1.54) is 0 Å². The standard InChI is InChI=1S/C21H24N8O/c1-13-7-18-23-12-24-28(18)11-17(13)25-20-22-10-16-14(2)27-29(19(16)26-20)15-8-21(9-15)3-5-30-6-4-21/h7,10-12,15H,3-6,8-9H2,1-2H3,(H,22,25,26). The van der Waals surface area contributed by atoms with Crippen molar-refractivity contribution in [2.75, 3.05) is 18.5 Å². The van der Waals surface area contributed by atoms with E-state index in [9.17, 15) is 0 Å². The fraction of sp³-hybridized carbons (Fsp3) is 0.476. The number of aromatic nitrogens is 7. The molecule has 0 bridgehead atoms. The van der Waals surface area contributed by atoms with E-state index < -0.39 is 0 Å². The molecular weight excluding hydrogens is 380 g/mol. The van der Waals surface area contributed by atoms with Gasteiger partial charge in [0.05, 0.1) is 29.0 Å². The molecular formula is C21H24N8O. The molecule has 5 heterocycles. The lowest BCUT2D eigenvalue weighted by Gasteiger charge is -2.49. The van der Waals surface area contributed by atoms with Crippen LogP contribution >= 0.6 is 0 Å². The van der Waals surface area contributed by atoms with Crippen molar-refractivity contribution in [1.82, 2.24) is 34.3 Å². The van der Waals surface area contributed by atoms with E-state index in [4.69, 9.17) is 14.8 Å². The van der Waals surface area contributed by atoms with Crippen LogP contribution in [0.15, 0.2) is 24.8 Å². The summed E-state index contributed by atoms with van der Waals surface area (Å²) in [4.78, 5) is 13.6. The molecule has 9 nitrogen and oxygen atoms in total. The van der Waals surface area contributed by atoms with Gasteiger partial charge in [-0.25, -0.2) is 19.2 Å². The van der Waals surface area contributed by atoms with Gasteiger partial charge in [0.15, 0.2) is 11.3 Å². The molecule has 2 aliphatic rings. The highest BCUT2D eigenvalue weighted by atomic mass is 16.5. The lowest BCUT2D eigenvalue weighted by atomic mass is 9.61. The number of anilines is 2. The van der Waals surface area contributed by atoms with Crippen LogP contribution in [0.4, 0.5) is 11.6 Å². The Labute approximate surface area is 173 Å². The predicted molar refractivity (Wildman–Crippen MR) is 112 cm³/mol. The Morgan fingerprint density at radius 2 is 2.00 bits per heavy atom. The largest absolute Gasteiger partial charge is 0.381 e. The van der Waals surface area contributed by atoms with Gasteiger partial charge in [-0.3, -0.25) is 0 Å². The van der Waals surface area contributed by atoms with E-state index in [-0.39, 0.29) is 0 Å². The van der Waals surface area contributed by atoms with Gasteiger partial charge in [0.25, 0.3) is 0 Å². The third-order valence-corrected chi connectivity index (χ3v) is 6.74. The van der Waals surface area contributed by atoms with Gasteiger partial charge in [-0.1, -0.05) is 0 Å². The number of rotatable bonds is 3. The molecule has 1 saturated heterocycles. The summed E-state index contributed by atoms with van der Waals surface area (Å²) in [5, 5.41) is 13.4. The Morgan fingerprint density at radius 1 is 1.17 bits per heavy atom. The van der Waals surface area contributed by atoms with Crippen LogP contribution in [-0.2, 0) is 4.74 Å². The van der Waals surface area contributed by atoms with E-state index in [0.717, 1.165) is 72.5 Å². The summed E-state index contributed by atoms with van der Waals surface area (Å²) in [6.45, 7) is 5.83. The molecule has 1 N–H and O–H groups in total. The number of ether oxygens (including phenoxy) is 1. The van der Waals surface area contributed by atoms with Crippen molar-refractivity contribution < 1.29 is 4.74 Å². The number of pyridine rings is 1. The summed E-state index contributed by atoms with van der Waals surface area (Å²) in [6, 6.07) is 2.39. The third kappa shape index (κ3) is 2.76. The number of fused-ring (bicyclic) bond motifs is 2. The number of hydrogen-bond acceptors (Lipinski definition) is 7. The zero-order valence-corrected chi connectivity index (χ0v) is 17.2. The Bertz CT molecular complexity index is 1240. The minimum Gasteiger partial charge on any atom is -0.381 e. The molecule has 2 fully saturated rings. The van der Waals surface area contributed by atoms with Gasteiger partial charge in [-0.05, 0) is 56.6 Å². The lowest BCUT2D eigenvalue weighted by molar-refractivity contribution is -0.0559. The smallest absolute Gasteiger partial charge is 0.229 e. The minimum absolute atomic E-state index is 0.398. The summed E-state index contributed by atoms with van der Waals surface area (Å²) in [6.07, 6.45) is 9.96. The van der Waals surface area contributed by atoms with E-state index in [2.05, 4.69) is 25.1 Å². The maximum absolute atomic E-state index is 5.56. The van der Waals surface area contributed by atoms with Crippen LogP contribution in [0, 0.1) is 19.3 Å². The summed E-state index contributed by atoms with van der Waals surface area (Å²) < 4.78 is 9.41. The molecule has 1 aliphatic carbocycles. The number of aryl methyl sites for hydroxylation is 2. The summed E-state index contributed by atoms with van der Waals surface area (Å²) >= 11 is 0. The molecule has 0 amide bonds. The van der Waals surface area contributed by atoms with E-state index >= 15 is 0 Å². The molecule has 0 unspecified atom stereocenters. The predicted octanol–water partition coefficient (Wildman–Crippen LogP) is 3.36. The van der Waals surface area contributed by atoms with Crippen molar-refractivity contribution >= 4 is 28.3 Å². The molecule has 30 heavy (non-hydrogen) atoms. The highest BCUT2D eigenvalue weighted by Gasteiger charge is 2.46. The van der Waals surface area contributed by atoms with Crippen LogP contribution < -0.4 is 5.32 Å². The molecule has 1 saturated carbocycles. The third-order valence-electron chi connectivity index (χ3n) is 6.74. The van der Waals surface area contributed by atoms with Crippen molar-refractivity contribution in [3.05, 3.63) is 36.0 Å². The van der Waals surface area contributed by atoms with Crippen molar-refractivity contribution in [2.45, 2.75) is 45.6 Å². The zero-order valence-electron chi connectivity index (χ0n) is 17.2. The Balaban J connectivity index is 1.32. The van der Waals surface area contributed by atoms with Crippen molar-refractivity contribution in [2.24, 2.45) is 5.41 Å². The fourth-order valence-electron chi connectivity index (χ4n) is 4.91. The van der Waals surface area contributed by atoms with Crippen LogP contribution in [-0.4, -0.2) is 47.6 Å². The van der Waals surface area contributed by atoms with Crippen molar-refractivity contribution in [3.63, 3.8) is 0 Å². The Kier molecular flexibility index (Phi) is 3.83. The monoisotopic (exact) mass is 404 g/mol. The van der Waals surface area contributed by atoms with Crippen LogP contribution in [0.5, 0.6) is 0 Å². The first kappa shape index (κ1) is 17.8. The maximum atomic E-state index is 5.56. The van der Waals surface area contributed by atoms with Crippen molar-refractivity contribution in [3.8, 4) is 0 Å². The highest BCUT2D eigenvalue weighted by molar-refractivity contribution is 5.79. The van der Waals surface area contributed by atoms with Gasteiger partial charge >= 0.3 is 0 Å². The second-order valence-electron chi connectivity index (χ2n) is 8.69. The fourth-order valence-corrected chi connectivity index (χ4v) is 4.91. The van der Waals surface area contributed by atoms with Crippen LogP contribution in [0.25, 0.3) is 16.7 Å². The Morgan fingerprint density at radius 3 is 2.83 bits per heavy atom. The molecule has 4 aromatic rings. The summed E-state index contributed by atoms with van der Waals surface area (Å²) in [5.74, 6) is 0.561. The first-order chi connectivity index (χ1) is 14.6. The SMILES string of the molecule is Cc1cc2ncnn2cc1Nc1ncc2c(C)nn(C3CC4(CCOCC4)C3)c2n1. The average molecular weight is 404 g/mol. The minimum atomic E-state index is 0.398. The first-order valence-electron chi connectivity index (χ1n) is 10.5. The van der Waals surface area contributed by atoms with Gasteiger partial charge in [0.1, 0.15) is 6.33 Å². The summed E-state index contributed by atoms with van der Waals surface area (Å²) in [5.41, 5.74) is 5.09. The topological polar surface area (TPSA) is 95.1 Å². The highest BCUT2D eigenvalue weighted by Crippen LogP contribution is 2.54. The molecule has 0 radical (unpaired) electrons. The lowest BCUT2D eigenvalue weighted by Crippen LogP contribution is -2.43. The van der Waals surface area contributed by atoms with E-state index in [0.29, 0.717) is 17.4 Å². The number of nitrogens with zero attached hydrogens (tertiary/aromatic N) is 7. The van der Waals surface area contributed by atoms with Gasteiger partial charge in [-0.15, -0.1) is 0 Å². The first-order valence-corrected chi connectivity index (χ1v) is 10.5. The molecule has 0 atom stereocenters. The zero-order chi connectivity index (χ0) is 20.3. The quantitative estimate of drug-likeness (QED) is 0.559. The van der Waals surface area contributed by atoms with Crippen LogP contribution in [0.1, 0.15) is 43.0 Å². The van der Waals surface area contributed by atoms with E-state index in [1.54, 1.807) is 10.8 Å². The second-order valence-corrected chi connectivity index (χ2v) is 8.69. The molecule has 0 aromatic carbocycles. The molecule has 154 valence electrons. The molecule has 9 heteroatoms. The van der Waals surface area contributed by atoms with Gasteiger partial charge in [-0.2, -0.15) is 15.2 Å². The average Bonchev–Trinajstić information content (AvgIpc) is 3.30. The van der Waals surface area contributed by atoms with Gasteiger partial charge in [0.2, 0.25) is 5.95 Å². The molecule has 6 rings (SSSR count). The van der Waals surface area contributed by atoms with Crippen LogP contribution in [0.3, 0.4) is 0 Å². The number of hydrogen-bond donors (Lipinski definition) is 1. The van der Waals surface area contributed by atoms with Crippen molar-refractivity contribution in [1.29, 1.82) is 0 Å². The second kappa shape index (κ2) is 6.46. The van der Waals surface area contributed by atoms with Gasteiger partial charge < -0.3 is 10.1 Å². The maximum Gasteiger partial charge on any atom is 0.229 e. The molecule has 1 aliphatic heterocycles. The molecule has 4 aromatic heterocycles. The van der Waals surface area contributed by atoms with Crippen LogP contribution in [0.2, 0.25) is 0 Å². The molecule has 1 spiro atoms.